The first-order valence-corrected chi connectivity index (χ1v) is 8.80. The number of alkyl carbamates (subject to hydrolysis) is 1. The van der Waals surface area contributed by atoms with Gasteiger partial charge in [0, 0.05) is 17.0 Å². The molecule has 7 heteroatoms. The summed E-state index contributed by atoms with van der Waals surface area (Å²) in [6.07, 6.45) is -0.482. The van der Waals surface area contributed by atoms with Crippen molar-refractivity contribution in [3.63, 3.8) is 0 Å². The average Bonchev–Trinajstić information content (AvgIpc) is 2.64. The first-order chi connectivity index (χ1) is 11.3. The van der Waals surface area contributed by atoms with Gasteiger partial charge in [0.05, 0.1) is 11.2 Å². The molecule has 0 saturated carbocycles. The molecule has 1 aliphatic rings. The van der Waals surface area contributed by atoms with Crippen LogP contribution >= 0.6 is 11.6 Å². The van der Waals surface area contributed by atoms with Gasteiger partial charge in [-0.3, -0.25) is 0 Å². The highest BCUT2D eigenvalue weighted by Crippen LogP contribution is 2.37. The zero-order valence-corrected chi connectivity index (χ0v) is 16.8. The predicted octanol–water partition coefficient (Wildman–Crippen LogP) is 3.66. The lowest BCUT2D eigenvalue weighted by atomic mass is 9.78. The Bertz CT molecular complexity index is 639. The predicted molar refractivity (Wildman–Crippen MR) is 100 cm³/mol. The Morgan fingerprint density at radius 2 is 1.76 bits per heavy atom. The molecule has 25 heavy (non-hydrogen) atoms. The Labute approximate surface area is 155 Å². The maximum atomic E-state index is 11.8. The molecule has 1 aromatic rings. The van der Waals surface area contributed by atoms with Crippen molar-refractivity contribution in [1.82, 2.24) is 5.32 Å². The molecule has 1 fully saturated rings. The van der Waals surface area contributed by atoms with Crippen LogP contribution in [-0.2, 0) is 20.6 Å². The molecule has 5 nitrogen and oxygen atoms in total. The molecule has 1 N–H and O–H groups in total. The van der Waals surface area contributed by atoms with Gasteiger partial charge >= 0.3 is 13.2 Å². The van der Waals surface area contributed by atoms with E-state index in [-0.39, 0.29) is 6.54 Å². The standard InChI is InChI=1S/C18H27BClNO4/c1-16(2,3)23-15(22)21-11-12-9-8-10-13(14(12)20)19-24-17(4,5)18(6,7)25-19/h8-10H,11H2,1-7H3,(H,21,22). The first kappa shape index (κ1) is 20.1. The number of nitrogens with one attached hydrogen (secondary N) is 1. The maximum Gasteiger partial charge on any atom is 0.496 e. The fourth-order valence-corrected chi connectivity index (χ4v) is 2.65. The molecule has 0 unspecified atom stereocenters. The van der Waals surface area contributed by atoms with Gasteiger partial charge in [0.25, 0.3) is 0 Å². The van der Waals surface area contributed by atoms with Crippen LogP contribution < -0.4 is 10.8 Å². The minimum atomic E-state index is -0.543. The van der Waals surface area contributed by atoms with Crippen molar-refractivity contribution in [3.05, 3.63) is 28.8 Å². The number of hydrogen-bond acceptors (Lipinski definition) is 4. The molecule has 1 saturated heterocycles. The monoisotopic (exact) mass is 367 g/mol. The van der Waals surface area contributed by atoms with E-state index in [4.69, 9.17) is 25.6 Å². The summed E-state index contributed by atoms with van der Waals surface area (Å²) in [6.45, 7) is 13.7. The van der Waals surface area contributed by atoms with Gasteiger partial charge in [-0.05, 0) is 54.0 Å². The van der Waals surface area contributed by atoms with Crippen molar-refractivity contribution >= 4 is 30.3 Å². The Balaban J connectivity index is 2.12. The normalized spacial score (nSPS) is 19.0. The minimum Gasteiger partial charge on any atom is -0.444 e. The van der Waals surface area contributed by atoms with Gasteiger partial charge in [0.1, 0.15) is 5.60 Å². The second kappa shape index (κ2) is 6.82. The van der Waals surface area contributed by atoms with Gasteiger partial charge in [0.15, 0.2) is 0 Å². The third-order valence-corrected chi connectivity index (χ3v) is 4.90. The van der Waals surface area contributed by atoms with E-state index in [1.54, 1.807) is 0 Å². The molecule has 2 rings (SSSR count). The zero-order valence-electron chi connectivity index (χ0n) is 16.0. The van der Waals surface area contributed by atoms with Crippen molar-refractivity contribution < 1.29 is 18.8 Å². The summed E-state index contributed by atoms with van der Waals surface area (Å²) in [4.78, 5) is 11.8. The van der Waals surface area contributed by atoms with Crippen molar-refractivity contribution in [2.24, 2.45) is 0 Å². The van der Waals surface area contributed by atoms with Crippen molar-refractivity contribution in [1.29, 1.82) is 0 Å². The highest BCUT2D eigenvalue weighted by molar-refractivity contribution is 6.65. The third kappa shape index (κ3) is 4.69. The molecule has 0 aliphatic carbocycles. The van der Waals surface area contributed by atoms with Gasteiger partial charge in [-0.1, -0.05) is 29.8 Å². The molecule has 0 radical (unpaired) electrons. The van der Waals surface area contributed by atoms with Crippen LogP contribution in [0.5, 0.6) is 0 Å². The van der Waals surface area contributed by atoms with Crippen LogP contribution in [0.1, 0.15) is 54.0 Å². The van der Waals surface area contributed by atoms with Gasteiger partial charge in [-0.25, -0.2) is 4.79 Å². The number of halogens is 1. The molecule has 1 aromatic carbocycles. The van der Waals surface area contributed by atoms with Crippen LogP contribution in [0.2, 0.25) is 5.02 Å². The van der Waals surface area contributed by atoms with E-state index >= 15 is 0 Å². The molecule has 1 aliphatic heterocycles. The number of carbonyl (C=O) groups is 1. The van der Waals surface area contributed by atoms with E-state index in [9.17, 15) is 4.79 Å². The van der Waals surface area contributed by atoms with E-state index in [1.807, 2.05) is 66.7 Å². The average molecular weight is 368 g/mol. The van der Waals surface area contributed by atoms with Gasteiger partial charge < -0.3 is 19.4 Å². The number of hydrogen-bond donors (Lipinski definition) is 1. The molecule has 138 valence electrons. The lowest BCUT2D eigenvalue weighted by Gasteiger charge is -2.32. The van der Waals surface area contributed by atoms with Gasteiger partial charge in [-0.15, -0.1) is 0 Å². The summed E-state index contributed by atoms with van der Waals surface area (Å²) in [5, 5.41) is 3.24. The summed E-state index contributed by atoms with van der Waals surface area (Å²) in [7, 11) is -0.543. The Morgan fingerprint density at radius 1 is 1.20 bits per heavy atom. The van der Waals surface area contributed by atoms with E-state index < -0.39 is 30.0 Å². The smallest absolute Gasteiger partial charge is 0.444 e. The largest absolute Gasteiger partial charge is 0.496 e. The van der Waals surface area contributed by atoms with Crippen LogP contribution in [0, 0.1) is 0 Å². The molecule has 0 atom stereocenters. The number of benzene rings is 1. The SMILES string of the molecule is CC(C)(C)OC(=O)NCc1cccc(B2OC(C)(C)C(C)(C)O2)c1Cl. The van der Waals surface area contributed by atoms with Crippen LogP contribution in [0.15, 0.2) is 18.2 Å². The summed E-state index contributed by atoms with van der Waals surface area (Å²) in [5.74, 6) is 0. The fraction of sp³-hybridized carbons (Fsp3) is 0.611. The molecular formula is C18H27BClNO4. The summed E-state index contributed by atoms with van der Waals surface area (Å²) < 4.78 is 17.4. The number of rotatable bonds is 3. The first-order valence-electron chi connectivity index (χ1n) is 8.42. The molecule has 0 spiro atoms. The number of amides is 1. The van der Waals surface area contributed by atoms with Gasteiger partial charge in [0.2, 0.25) is 0 Å². The molecule has 0 aromatic heterocycles. The zero-order chi connectivity index (χ0) is 19.0. The highest BCUT2D eigenvalue weighted by atomic mass is 35.5. The topological polar surface area (TPSA) is 56.8 Å². The second-order valence-corrected chi connectivity index (χ2v) is 8.64. The van der Waals surface area contributed by atoms with Crippen LogP contribution in [0.3, 0.4) is 0 Å². The van der Waals surface area contributed by atoms with Crippen molar-refractivity contribution in [3.8, 4) is 0 Å². The summed E-state index contributed by atoms with van der Waals surface area (Å²) >= 11 is 6.54. The summed E-state index contributed by atoms with van der Waals surface area (Å²) in [5.41, 5.74) is 0.110. The van der Waals surface area contributed by atoms with E-state index in [2.05, 4.69) is 5.32 Å². The summed E-state index contributed by atoms with van der Waals surface area (Å²) in [6, 6.07) is 5.61. The highest BCUT2D eigenvalue weighted by Gasteiger charge is 2.52. The van der Waals surface area contributed by atoms with Crippen molar-refractivity contribution in [2.75, 3.05) is 0 Å². The number of ether oxygens (including phenoxy) is 1. The maximum absolute atomic E-state index is 11.8. The van der Waals surface area contributed by atoms with E-state index in [1.165, 1.54) is 0 Å². The van der Waals surface area contributed by atoms with Crippen LogP contribution in [-0.4, -0.2) is 30.0 Å². The molecule has 1 amide bonds. The van der Waals surface area contributed by atoms with E-state index in [0.717, 1.165) is 11.0 Å². The quantitative estimate of drug-likeness (QED) is 0.828. The van der Waals surface area contributed by atoms with Crippen molar-refractivity contribution in [2.45, 2.75) is 71.8 Å². The van der Waals surface area contributed by atoms with Crippen LogP contribution in [0.4, 0.5) is 4.79 Å². The molecular weight excluding hydrogens is 340 g/mol. The van der Waals surface area contributed by atoms with Crippen LogP contribution in [0.25, 0.3) is 0 Å². The Morgan fingerprint density at radius 3 is 2.28 bits per heavy atom. The molecule has 1 heterocycles. The molecule has 0 bridgehead atoms. The third-order valence-electron chi connectivity index (χ3n) is 4.44. The minimum absolute atomic E-state index is 0.265. The van der Waals surface area contributed by atoms with E-state index in [0.29, 0.717) is 5.02 Å². The van der Waals surface area contributed by atoms with Gasteiger partial charge in [-0.2, -0.15) is 0 Å². The Hall–Kier alpha value is -1.24. The lowest BCUT2D eigenvalue weighted by Crippen LogP contribution is -2.41. The second-order valence-electron chi connectivity index (χ2n) is 8.26. The Kier molecular flexibility index (Phi) is 5.48. The lowest BCUT2D eigenvalue weighted by molar-refractivity contribution is 0.00578. The fourth-order valence-electron chi connectivity index (χ4n) is 2.37. The number of carbonyl (C=O) groups excluding carboxylic acids is 1.